The predicted molar refractivity (Wildman–Crippen MR) is 105 cm³/mol. The summed E-state index contributed by atoms with van der Waals surface area (Å²) in [6.07, 6.45) is 3.06. The van der Waals surface area contributed by atoms with Gasteiger partial charge >= 0.3 is 0 Å². The van der Waals surface area contributed by atoms with Gasteiger partial charge < -0.3 is 15.2 Å². The summed E-state index contributed by atoms with van der Waals surface area (Å²) in [4.78, 5) is 0. The van der Waals surface area contributed by atoms with Gasteiger partial charge in [0, 0.05) is 16.5 Å². The molecule has 0 radical (unpaired) electrons. The summed E-state index contributed by atoms with van der Waals surface area (Å²) in [6, 6.07) is 12.2. The Kier molecular flexibility index (Phi) is 4.20. The van der Waals surface area contributed by atoms with Gasteiger partial charge in [0.05, 0.1) is 7.11 Å². The minimum atomic E-state index is -0.0575. The van der Waals surface area contributed by atoms with Crippen molar-refractivity contribution in [3.05, 3.63) is 58.1 Å². The van der Waals surface area contributed by atoms with Crippen LogP contribution in [-0.2, 0) is 11.8 Å². The van der Waals surface area contributed by atoms with Crippen molar-refractivity contribution in [2.24, 2.45) is 5.41 Å². The molecule has 1 fully saturated rings. The number of benzene rings is 2. The summed E-state index contributed by atoms with van der Waals surface area (Å²) >= 11 is 6.64. The van der Waals surface area contributed by atoms with E-state index >= 15 is 0 Å². The van der Waals surface area contributed by atoms with E-state index in [1.807, 2.05) is 24.3 Å². The second-order valence-electron chi connectivity index (χ2n) is 8.51. The third kappa shape index (κ3) is 2.69. The summed E-state index contributed by atoms with van der Waals surface area (Å²) < 4.78 is 5.32. The molecule has 0 amide bonds. The van der Waals surface area contributed by atoms with Gasteiger partial charge in [0.2, 0.25) is 0 Å². The predicted octanol–water partition coefficient (Wildman–Crippen LogP) is 5.00. The smallest absolute Gasteiger partial charge is 0.160 e. The lowest BCUT2D eigenvalue weighted by Crippen LogP contribution is -2.55. The van der Waals surface area contributed by atoms with E-state index in [0.29, 0.717) is 5.75 Å². The van der Waals surface area contributed by atoms with Crippen molar-refractivity contribution >= 4 is 11.6 Å². The van der Waals surface area contributed by atoms with Crippen molar-refractivity contribution in [2.75, 3.05) is 13.7 Å². The molecule has 0 bridgehead atoms. The number of hydrogen-bond donors (Lipinski definition) is 2. The van der Waals surface area contributed by atoms with Crippen molar-refractivity contribution in [1.29, 1.82) is 0 Å². The monoisotopic (exact) mass is 371 g/mol. The Morgan fingerprint density at radius 1 is 1.19 bits per heavy atom. The van der Waals surface area contributed by atoms with Crippen LogP contribution in [0.4, 0.5) is 0 Å². The van der Waals surface area contributed by atoms with Gasteiger partial charge in [-0.15, -0.1) is 0 Å². The Morgan fingerprint density at radius 3 is 2.58 bits per heavy atom. The Labute approximate surface area is 160 Å². The number of rotatable bonds is 3. The standard InChI is InChI=1S/C22H26ClNO2/c1-21(2)12-22(13-21,16-6-4-5-7-17(16)23)20-15-11-18(25)19(26-3)10-14(15)8-9-24-20/h4-7,10-11,20,24-25H,8-9,12-13H2,1-3H3. The lowest BCUT2D eigenvalue weighted by Gasteiger charge is -2.59. The van der Waals surface area contributed by atoms with Gasteiger partial charge in [-0.2, -0.15) is 0 Å². The van der Waals surface area contributed by atoms with E-state index in [1.54, 1.807) is 7.11 Å². The van der Waals surface area contributed by atoms with Gasteiger partial charge in [-0.25, -0.2) is 0 Å². The molecule has 1 heterocycles. The van der Waals surface area contributed by atoms with Gasteiger partial charge in [0.1, 0.15) is 0 Å². The highest BCUT2D eigenvalue weighted by Crippen LogP contribution is 2.62. The van der Waals surface area contributed by atoms with E-state index in [-0.39, 0.29) is 22.6 Å². The van der Waals surface area contributed by atoms with Crippen LogP contribution in [0, 0.1) is 5.41 Å². The molecule has 1 atom stereocenters. The molecule has 2 N–H and O–H groups in total. The first kappa shape index (κ1) is 17.7. The maximum absolute atomic E-state index is 10.4. The normalized spacial score (nSPS) is 23.0. The van der Waals surface area contributed by atoms with Crippen molar-refractivity contribution in [2.45, 2.75) is 44.6 Å². The topological polar surface area (TPSA) is 41.5 Å². The number of aromatic hydroxyl groups is 1. The zero-order chi connectivity index (χ0) is 18.5. The lowest BCUT2D eigenvalue weighted by molar-refractivity contribution is 0.0218. The summed E-state index contributed by atoms with van der Waals surface area (Å²) in [5, 5.41) is 15.0. The SMILES string of the molecule is COc1cc2c(cc1O)C(C1(c3ccccc3Cl)CC(C)(C)C1)NCC2. The fourth-order valence-electron chi connectivity index (χ4n) is 5.30. The first-order valence-corrected chi connectivity index (χ1v) is 9.62. The average Bonchev–Trinajstić information content (AvgIpc) is 2.58. The maximum Gasteiger partial charge on any atom is 0.160 e. The molecular weight excluding hydrogens is 346 g/mol. The number of phenols is 1. The Hall–Kier alpha value is -1.71. The molecule has 3 nitrogen and oxygen atoms in total. The molecule has 4 heteroatoms. The zero-order valence-electron chi connectivity index (χ0n) is 15.6. The fraction of sp³-hybridized carbons (Fsp3) is 0.455. The second-order valence-corrected chi connectivity index (χ2v) is 8.92. The Balaban J connectivity index is 1.85. The van der Waals surface area contributed by atoms with Crippen molar-refractivity contribution in [3.63, 3.8) is 0 Å². The van der Waals surface area contributed by atoms with E-state index < -0.39 is 0 Å². The number of ether oxygens (including phenoxy) is 1. The van der Waals surface area contributed by atoms with Crippen LogP contribution < -0.4 is 10.1 Å². The van der Waals surface area contributed by atoms with E-state index in [0.717, 1.165) is 30.8 Å². The van der Waals surface area contributed by atoms with Crippen molar-refractivity contribution in [3.8, 4) is 11.5 Å². The van der Waals surface area contributed by atoms with Gasteiger partial charge in [0.25, 0.3) is 0 Å². The van der Waals surface area contributed by atoms with Gasteiger partial charge in [0.15, 0.2) is 11.5 Å². The van der Waals surface area contributed by atoms with Gasteiger partial charge in [-0.3, -0.25) is 0 Å². The van der Waals surface area contributed by atoms with Crippen LogP contribution in [0.3, 0.4) is 0 Å². The van der Waals surface area contributed by atoms with Crippen LogP contribution in [-0.4, -0.2) is 18.8 Å². The molecule has 1 aliphatic carbocycles. The molecule has 1 unspecified atom stereocenters. The molecule has 1 saturated carbocycles. The highest BCUT2D eigenvalue weighted by atomic mass is 35.5. The van der Waals surface area contributed by atoms with E-state index in [4.69, 9.17) is 16.3 Å². The van der Waals surface area contributed by atoms with E-state index in [9.17, 15) is 5.11 Å². The average molecular weight is 372 g/mol. The highest BCUT2D eigenvalue weighted by Gasteiger charge is 2.56. The molecule has 0 spiro atoms. The van der Waals surface area contributed by atoms with Crippen LogP contribution in [0.5, 0.6) is 11.5 Å². The quantitative estimate of drug-likeness (QED) is 0.797. The Morgan fingerprint density at radius 2 is 1.92 bits per heavy atom. The second kappa shape index (κ2) is 6.17. The van der Waals surface area contributed by atoms with Crippen LogP contribution in [0.15, 0.2) is 36.4 Å². The summed E-state index contributed by atoms with van der Waals surface area (Å²) in [5.74, 6) is 0.748. The molecule has 1 aliphatic heterocycles. The molecule has 0 aromatic heterocycles. The Bertz CT molecular complexity index is 838. The molecular formula is C22H26ClNO2. The fourth-order valence-corrected chi connectivity index (χ4v) is 5.62. The van der Waals surface area contributed by atoms with Gasteiger partial charge in [-0.05, 0) is 66.1 Å². The number of phenolic OH excluding ortho intramolecular Hbond substituents is 1. The van der Waals surface area contributed by atoms with Crippen molar-refractivity contribution in [1.82, 2.24) is 5.32 Å². The summed E-state index contributed by atoms with van der Waals surface area (Å²) in [7, 11) is 1.60. The summed E-state index contributed by atoms with van der Waals surface area (Å²) in [6.45, 7) is 5.55. The third-order valence-corrected chi connectivity index (χ3v) is 6.37. The van der Waals surface area contributed by atoms with Crippen LogP contribution in [0.25, 0.3) is 0 Å². The van der Waals surface area contributed by atoms with E-state index in [2.05, 4.69) is 31.3 Å². The molecule has 26 heavy (non-hydrogen) atoms. The first-order chi connectivity index (χ1) is 12.4. The molecule has 4 rings (SSSR count). The largest absolute Gasteiger partial charge is 0.504 e. The summed E-state index contributed by atoms with van der Waals surface area (Å²) in [5.41, 5.74) is 3.86. The number of nitrogens with one attached hydrogen (secondary N) is 1. The third-order valence-electron chi connectivity index (χ3n) is 6.05. The molecule has 0 saturated heterocycles. The zero-order valence-corrected chi connectivity index (χ0v) is 16.4. The van der Waals surface area contributed by atoms with Gasteiger partial charge in [-0.1, -0.05) is 43.6 Å². The minimum absolute atomic E-state index is 0.0575. The first-order valence-electron chi connectivity index (χ1n) is 9.24. The number of fused-ring (bicyclic) bond motifs is 1. The molecule has 2 aromatic rings. The molecule has 2 aliphatic rings. The number of hydrogen-bond acceptors (Lipinski definition) is 3. The molecule has 138 valence electrons. The molecule has 2 aromatic carbocycles. The van der Waals surface area contributed by atoms with Crippen LogP contribution in [0.2, 0.25) is 5.02 Å². The lowest BCUT2D eigenvalue weighted by atomic mass is 9.48. The highest BCUT2D eigenvalue weighted by molar-refractivity contribution is 6.31. The van der Waals surface area contributed by atoms with Crippen LogP contribution in [0.1, 0.15) is 49.4 Å². The van der Waals surface area contributed by atoms with Crippen molar-refractivity contribution < 1.29 is 9.84 Å². The van der Waals surface area contributed by atoms with Crippen LogP contribution >= 0.6 is 11.6 Å². The van der Waals surface area contributed by atoms with E-state index in [1.165, 1.54) is 16.7 Å². The maximum atomic E-state index is 10.4. The number of methoxy groups -OCH3 is 1. The minimum Gasteiger partial charge on any atom is -0.504 e. The number of halogens is 1.